The van der Waals surface area contributed by atoms with Crippen LogP contribution in [0.5, 0.6) is 0 Å². The average molecular weight is 167 g/mol. The van der Waals surface area contributed by atoms with E-state index in [1.165, 1.54) is 45.3 Å². The van der Waals surface area contributed by atoms with Crippen LogP contribution >= 0.6 is 0 Å². The third-order valence-electron chi connectivity index (χ3n) is 3.96. The monoisotopic (exact) mass is 167 g/mol. The number of ether oxygens (including phenoxy) is 1. The first-order chi connectivity index (χ1) is 5.89. The van der Waals surface area contributed by atoms with Crippen molar-refractivity contribution >= 4 is 0 Å². The molecule has 68 valence electrons. The van der Waals surface area contributed by atoms with Gasteiger partial charge in [-0.15, -0.1) is 0 Å². The van der Waals surface area contributed by atoms with Gasteiger partial charge in [-0.3, -0.25) is 0 Å². The highest BCUT2D eigenvalue weighted by atomic mass is 16.5. The van der Waals surface area contributed by atoms with Gasteiger partial charge in [-0.1, -0.05) is 0 Å². The van der Waals surface area contributed by atoms with Gasteiger partial charge < -0.3 is 9.64 Å². The normalized spacial score (nSPS) is 52.0. The van der Waals surface area contributed by atoms with Gasteiger partial charge in [0.25, 0.3) is 0 Å². The predicted molar refractivity (Wildman–Crippen MR) is 47.1 cm³/mol. The lowest BCUT2D eigenvalue weighted by Crippen LogP contribution is -2.58. The van der Waals surface area contributed by atoms with Crippen LogP contribution in [-0.4, -0.2) is 36.7 Å². The van der Waals surface area contributed by atoms with Gasteiger partial charge in [-0.2, -0.15) is 0 Å². The minimum Gasteiger partial charge on any atom is -0.373 e. The van der Waals surface area contributed by atoms with Crippen molar-refractivity contribution < 1.29 is 4.74 Å². The summed E-state index contributed by atoms with van der Waals surface area (Å²) >= 11 is 0. The third kappa shape index (κ3) is 0.882. The molecule has 0 saturated carbocycles. The number of fused-ring (bicyclic) bond motifs is 2. The second-order valence-corrected chi connectivity index (χ2v) is 4.57. The van der Waals surface area contributed by atoms with E-state index in [0.717, 1.165) is 12.5 Å². The first-order valence-corrected chi connectivity index (χ1v) is 5.25. The van der Waals surface area contributed by atoms with E-state index in [9.17, 15) is 0 Å². The lowest BCUT2D eigenvalue weighted by Gasteiger charge is -2.50. The van der Waals surface area contributed by atoms with E-state index in [1.54, 1.807) is 0 Å². The molecule has 1 spiro atoms. The van der Waals surface area contributed by atoms with Crippen molar-refractivity contribution in [2.75, 3.05) is 26.2 Å². The van der Waals surface area contributed by atoms with Crippen LogP contribution in [0.2, 0.25) is 0 Å². The van der Waals surface area contributed by atoms with Crippen LogP contribution in [0.4, 0.5) is 0 Å². The largest absolute Gasteiger partial charge is 0.373 e. The second kappa shape index (κ2) is 2.46. The molecule has 4 aliphatic heterocycles. The van der Waals surface area contributed by atoms with Crippen LogP contribution < -0.4 is 0 Å². The van der Waals surface area contributed by atoms with Crippen molar-refractivity contribution in [3.8, 4) is 0 Å². The number of hydrogen-bond acceptors (Lipinski definition) is 2. The maximum atomic E-state index is 5.97. The molecule has 4 aliphatic rings. The van der Waals surface area contributed by atoms with Crippen LogP contribution in [0.3, 0.4) is 0 Å². The van der Waals surface area contributed by atoms with Crippen LogP contribution in [0.15, 0.2) is 0 Å². The molecule has 0 aromatic heterocycles. The molecule has 0 amide bonds. The third-order valence-corrected chi connectivity index (χ3v) is 3.96. The molecule has 0 aliphatic carbocycles. The van der Waals surface area contributed by atoms with E-state index in [2.05, 4.69) is 4.90 Å². The van der Waals surface area contributed by atoms with E-state index in [1.807, 2.05) is 0 Å². The molecule has 0 radical (unpaired) electrons. The van der Waals surface area contributed by atoms with E-state index in [0.29, 0.717) is 5.60 Å². The lowest BCUT2D eigenvalue weighted by molar-refractivity contribution is -0.122. The molecule has 2 bridgehead atoms. The minimum absolute atomic E-state index is 0.316. The zero-order chi connectivity index (χ0) is 8.02. The highest BCUT2D eigenvalue weighted by Crippen LogP contribution is 2.43. The Morgan fingerprint density at radius 2 is 2.08 bits per heavy atom. The van der Waals surface area contributed by atoms with Crippen LogP contribution in [-0.2, 0) is 4.74 Å². The molecule has 1 atom stereocenters. The van der Waals surface area contributed by atoms with E-state index in [4.69, 9.17) is 4.74 Å². The van der Waals surface area contributed by atoms with Crippen molar-refractivity contribution in [1.82, 2.24) is 4.90 Å². The van der Waals surface area contributed by atoms with Gasteiger partial charge in [0.1, 0.15) is 0 Å². The Morgan fingerprint density at radius 3 is 2.58 bits per heavy atom. The number of rotatable bonds is 0. The van der Waals surface area contributed by atoms with Crippen molar-refractivity contribution in [3.63, 3.8) is 0 Å². The average Bonchev–Trinajstić information content (AvgIpc) is 2.55. The van der Waals surface area contributed by atoms with Gasteiger partial charge in [0.2, 0.25) is 0 Å². The summed E-state index contributed by atoms with van der Waals surface area (Å²) in [6.45, 7) is 4.91. The molecule has 0 N–H and O–H groups in total. The fourth-order valence-corrected chi connectivity index (χ4v) is 3.29. The van der Waals surface area contributed by atoms with E-state index in [-0.39, 0.29) is 0 Å². The van der Waals surface area contributed by atoms with Gasteiger partial charge in [-0.05, 0) is 44.7 Å². The zero-order valence-electron chi connectivity index (χ0n) is 7.59. The van der Waals surface area contributed by atoms with Gasteiger partial charge in [0.05, 0.1) is 5.60 Å². The topological polar surface area (TPSA) is 12.5 Å². The highest BCUT2D eigenvalue weighted by Gasteiger charge is 2.49. The number of nitrogens with zero attached hydrogens (tertiary/aromatic N) is 1. The quantitative estimate of drug-likeness (QED) is 0.538. The Morgan fingerprint density at radius 1 is 1.25 bits per heavy atom. The molecule has 4 rings (SSSR count). The van der Waals surface area contributed by atoms with Gasteiger partial charge >= 0.3 is 0 Å². The molecule has 0 aromatic rings. The second-order valence-electron chi connectivity index (χ2n) is 4.57. The Bertz CT molecular complexity index is 178. The first-order valence-electron chi connectivity index (χ1n) is 5.25. The molecule has 0 aromatic carbocycles. The summed E-state index contributed by atoms with van der Waals surface area (Å²) < 4.78 is 5.97. The summed E-state index contributed by atoms with van der Waals surface area (Å²) in [5.41, 5.74) is 0.316. The standard InChI is InChI=1S/C10H17NO/c1-4-10(12-7-1)8-11-5-2-9(10)3-6-11/h9H,1-8H2. The summed E-state index contributed by atoms with van der Waals surface area (Å²) in [5.74, 6) is 0.894. The van der Waals surface area contributed by atoms with Crippen LogP contribution in [0, 0.1) is 5.92 Å². The Kier molecular flexibility index (Phi) is 1.50. The molecule has 4 fully saturated rings. The van der Waals surface area contributed by atoms with Crippen molar-refractivity contribution in [2.45, 2.75) is 31.3 Å². The van der Waals surface area contributed by atoms with E-state index >= 15 is 0 Å². The molecule has 4 saturated heterocycles. The maximum Gasteiger partial charge on any atom is 0.0838 e. The van der Waals surface area contributed by atoms with Crippen molar-refractivity contribution in [3.05, 3.63) is 0 Å². The number of hydrogen-bond donors (Lipinski definition) is 0. The predicted octanol–water partition coefficient (Wildman–Crippen LogP) is 1.26. The zero-order valence-corrected chi connectivity index (χ0v) is 7.59. The molecule has 1 unspecified atom stereocenters. The molecule has 2 heteroatoms. The maximum absolute atomic E-state index is 5.97. The van der Waals surface area contributed by atoms with Gasteiger partial charge in [0, 0.05) is 13.2 Å². The summed E-state index contributed by atoms with van der Waals surface area (Å²) in [4.78, 5) is 2.59. The Balaban J connectivity index is 1.86. The molecule has 4 heterocycles. The summed E-state index contributed by atoms with van der Waals surface area (Å²) in [5, 5.41) is 0. The summed E-state index contributed by atoms with van der Waals surface area (Å²) in [7, 11) is 0. The molecule has 2 nitrogen and oxygen atoms in total. The molecular weight excluding hydrogens is 150 g/mol. The van der Waals surface area contributed by atoms with E-state index < -0.39 is 0 Å². The highest BCUT2D eigenvalue weighted by molar-refractivity contribution is 5.01. The molecular formula is C10H17NO. The fourth-order valence-electron chi connectivity index (χ4n) is 3.29. The van der Waals surface area contributed by atoms with Crippen molar-refractivity contribution in [1.29, 1.82) is 0 Å². The summed E-state index contributed by atoms with van der Waals surface area (Å²) in [6.07, 6.45) is 5.40. The van der Waals surface area contributed by atoms with Gasteiger partial charge in [0.15, 0.2) is 0 Å². The van der Waals surface area contributed by atoms with Crippen molar-refractivity contribution in [2.24, 2.45) is 5.92 Å². The summed E-state index contributed by atoms with van der Waals surface area (Å²) in [6, 6.07) is 0. The lowest BCUT2D eigenvalue weighted by atomic mass is 9.74. The van der Waals surface area contributed by atoms with Crippen LogP contribution in [0.25, 0.3) is 0 Å². The first kappa shape index (κ1) is 7.34. The van der Waals surface area contributed by atoms with Crippen LogP contribution in [0.1, 0.15) is 25.7 Å². The minimum atomic E-state index is 0.316. The smallest absolute Gasteiger partial charge is 0.0838 e. The Labute approximate surface area is 73.9 Å². The fraction of sp³-hybridized carbons (Fsp3) is 1.00. The SMILES string of the molecule is C1COC2(C1)CN1CCC2CC1. The van der Waals surface area contributed by atoms with Gasteiger partial charge in [-0.25, -0.2) is 0 Å². The Hall–Kier alpha value is -0.0800. The molecule has 12 heavy (non-hydrogen) atoms. The number of piperidine rings is 3.